The van der Waals surface area contributed by atoms with Gasteiger partial charge in [-0.05, 0) is 43.5 Å². The predicted molar refractivity (Wildman–Crippen MR) is 128 cm³/mol. The first-order chi connectivity index (χ1) is 16.2. The Morgan fingerprint density at radius 3 is 2.32 bits per heavy atom. The largest absolute Gasteiger partial charge is 0.493 e. The maximum Gasteiger partial charge on any atom is 0.262 e. The van der Waals surface area contributed by atoms with Gasteiger partial charge in [-0.25, -0.2) is 12.8 Å². The molecule has 1 unspecified atom stereocenters. The van der Waals surface area contributed by atoms with Gasteiger partial charge in [0.2, 0.25) is 0 Å². The minimum atomic E-state index is -4.23. The van der Waals surface area contributed by atoms with Crippen LogP contribution in [0.1, 0.15) is 29.3 Å². The first-order valence-electron chi connectivity index (χ1n) is 10.6. The van der Waals surface area contributed by atoms with Crippen LogP contribution >= 0.6 is 0 Å². The van der Waals surface area contributed by atoms with E-state index in [0.717, 1.165) is 18.1 Å². The van der Waals surface area contributed by atoms with E-state index in [2.05, 4.69) is 10.0 Å². The molecule has 34 heavy (non-hydrogen) atoms. The Balaban J connectivity index is 1.86. The number of para-hydroxylation sites is 1. The molecule has 0 fully saturated rings. The molecule has 1 atom stereocenters. The lowest BCUT2D eigenvalue weighted by Gasteiger charge is -2.18. The van der Waals surface area contributed by atoms with Crippen LogP contribution in [0.25, 0.3) is 0 Å². The fraction of sp³-hybridized carbons (Fsp3) is 0.240. The number of hydrogen-bond donors (Lipinski definition) is 2. The number of carbonyl (C=O) groups excluding carboxylic acids is 1. The summed E-state index contributed by atoms with van der Waals surface area (Å²) in [6.07, 6.45) is 1.45. The normalized spacial score (nSPS) is 12.0. The van der Waals surface area contributed by atoms with Crippen molar-refractivity contribution in [1.29, 1.82) is 0 Å². The van der Waals surface area contributed by atoms with Gasteiger partial charge < -0.3 is 14.8 Å². The van der Waals surface area contributed by atoms with Crippen LogP contribution in [0, 0.1) is 5.82 Å². The van der Waals surface area contributed by atoms with Gasteiger partial charge in [-0.1, -0.05) is 42.5 Å². The summed E-state index contributed by atoms with van der Waals surface area (Å²) >= 11 is 0. The van der Waals surface area contributed by atoms with E-state index < -0.39 is 21.7 Å². The Hall–Kier alpha value is -3.59. The monoisotopic (exact) mass is 486 g/mol. The summed E-state index contributed by atoms with van der Waals surface area (Å²) in [6.45, 7) is 1.87. The number of halogens is 1. The first-order valence-corrected chi connectivity index (χ1v) is 12.1. The molecular weight excluding hydrogens is 459 g/mol. The lowest BCUT2D eigenvalue weighted by molar-refractivity contribution is 0.0934. The van der Waals surface area contributed by atoms with Crippen molar-refractivity contribution in [2.75, 3.05) is 18.9 Å². The molecule has 1 amide bonds. The molecule has 3 aromatic rings. The van der Waals surface area contributed by atoms with Crippen LogP contribution in [-0.2, 0) is 16.4 Å². The molecule has 0 radical (unpaired) electrons. The average molecular weight is 487 g/mol. The highest BCUT2D eigenvalue weighted by Gasteiger charge is 2.25. The zero-order chi connectivity index (χ0) is 24.7. The predicted octanol–water partition coefficient (Wildman–Crippen LogP) is 4.39. The van der Waals surface area contributed by atoms with Crippen molar-refractivity contribution in [1.82, 2.24) is 5.32 Å². The van der Waals surface area contributed by atoms with Crippen molar-refractivity contribution >= 4 is 21.6 Å². The Morgan fingerprint density at radius 1 is 1.00 bits per heavy atom. The lowest BCUT2D eigenvalue weighted by Crippen LogP contribution is -2.33. The van der Waals surface area contributed by atoms with Crippen LogP contribution in [0.5, 0.6) is 11.5 Å². The Labute approximate surface area is 199 Å². The SMILES string of the molecule is COc1cc(S(=O)(=O)Nc2ccccc2F)cc(C(=O)NC(C)CCc2ccccc2)c1OC. The summed E-state index contributed by atoms with van der Waals surface area (Å²) < 4.78 is 52.8. The van der Waals surface area contributed by atoms with Gasteiger partial charge in [0.15, 0.2) is 11.5 Å². The van der Waals surface area contributed by atoms with Gasteiger partial charge in [0, 0.05) is 12.1 Å². The van der Waals surface area contributed by atoms with Crippen molar-refractivity contribution in [2.45, 2.75) is 30.7 Å². The highest BCUT2D eigenvalue weighted by molar-refractivity contribution is 7.92. The molecule has 7 nitrogen and oxygen atoms in total. The summed E-state index contributed by atoms with van der Waals surface area (Å²) in [5.74, 6) is -1.09. The highest BCUT2D eigenvalue weighted by Crippen LogP contribution is 2.35. The van der Waals surface area contributed by atoms with E-state index in [1.54, 1.807) is 0 Å². The second-order valence-corrected chi connectivity index (χ2v) is 9.37. The highest BCUT2D eigenvalue weighted by atomic mass is 32.2. The topological polar surface area (TPSA) is 93.7 Å². The van der Waals surface area contributed by atoms with E-state index in [9.17, 15) is 17.6 Å². The number of hydrogen-bond acceptors (Lipinski definition) is 5. The smallest absolute Gasteiger partial charge is 0.262 e. The summed E-state index contributed by atoms with van der Waals surface area (Å²) in [7, 11) is -1.53. The number of nitrogens with one attached hydrogen (secondary N) is 2. The number of benzene rings is 3. The molecule has 0 saturated carbocycles. The van der Waals surface area contributed by atoms with E-state index in [-0.39, 0.29) is 33.7 Å². The van der Waals surface area contributed by atoms with E-state index in [1.807, 2.05) is 37.3 Å². The maximum absolute atomic E-state index is 14.0. The Bertz CT molecular complexity index is 1250. The molecule has 9 heteroatoms. The van der Waals surface area contributed by atoms with Gasteiger partial charge in [-0.2, -0.15) is 0 Å². The minimum Gasteiger partial charge on any atom is -0.493 e. The second-order valence-electron chi connectivity index (χ2n) is 7.69. The number of carbonyl (C=O) groups is 1. The summed E-state index contributed by atoms with van der Waals surface area (Å²) in [6, 6.07) is 17.5. The summed E-state index contributed by atoms with van der Waals surface area (Å²) in [4.78, 5) is 12.8. The zero-order valence-corrected chi connectivity index (χ0v) is 20.0. The summed E-state index contributed by atoms with van der Waals surface area (Å²) in [5.41, 5.74) is 0.926. The number of amides is 1. The number of rotatable bonds is 10. The second kappa shape index (κ2) is 11.0. The van der Waals surface area contributed by atoms with Gasteiger partial charge in [0.1, 0.15) is 5.82 Å². The van der Waals surface area contributed by atoms with Crippen molar-refractivity contribution in [3.63, 3.8) is 0 Å². The van der Waals surface area contributed by atoms with Crippen LogP contribution < -0.4 is 19.5 Å². The van der Waals surface area contributed by atoms with Gasteiger partial charge in [-0.3, -0.25) is 9.52 Å². The fourth-order valence-corrected chi connectivity index (χ4v) is 4.52. The third-order valence-corrected chi connectivity index (χ3v) is 6.56. The lowest BCUT2D eigenvalue weighted by atomic mass is 10.1. The minimum absolute atomic E-state index is 0.0117. The molecular formula is C25H27FN2O5S. The third-order valence-electron chi connectivity index (χ3n) is 5.21. The molecule has 3 rings (SSSR count). The van der Waals surface area contributed by atoms with Gasteiger partial charge in [0.05, 0.1) is 30.4 Å². The van der Waals surface area contributed by atoms with Crippen molar-refractivity contribution < 1.29 is 27.1 Å². The van der Waals surface area contributed by atoms with E-state index in [1.165, 1.54) is 44.6 Å². The first kappa shape index (κ1) is 25.0. The number of sulfonamides is 1. The molecule has 0 spiro atoms. The number of ether oxygens (including phenoxy) is 2. The van der Waals surface area contributed by atoms with Crippen LogP contribution in [0.2, 0.25) is 0 Å². The molecule has 180 valence electrons. The number of aryl methyl sites for hydroxylation is 1. The van der Waals surface area contributed by atoms with Crippen LogP contribution in [-0.4, -0.2) is 34.6 Å². The molecule has 0 saturated heterocycles. The molecule has 3 aromatic carbocycles. The van der Waals surface area contributed by atoms with Crippen LogP contribution in [0.4, 0.5) is 10.1 Å². The van der Waals surface area contributed by atoms with Gasteiger partial charge >= 0.3 is 0 Å². The van der Waals surface area contributed by atoms with Crippen molar-refractivity contribution in [2.24, 2.45) is 0 Å². The fourth-order valence-electron chi connectivity index (χ4n) is 3.41. The number of anilines is 1. The molecule has 2 N–H and O–H groups in total. The maximum atomic E-state index is 14.0. The average Bonchev–Trinajstić information content (AvgIpc) is 2.83. The van der Waals surface area contributed by atoms with Crippen molar-refractivity contribution in [3.8, 4) is 11.5 Å². The van der Waals surface area contributed by atoms with Crippen LogP contribution in [0.3, 0.4) is 0 Å². The molecule has 0 heterocycles. The van der Waals surface area contributed by atoms with Crippen molar-refractivity contribution in [3.05, 3.63) is 83.7 Å². The molecule has 0 aliphatic carbocycles. The zero-order valence-electron chi connectivity index (χ0n) is 19.2. The summed E-state index contributed by atoms with van der Waals surface area (Å²) in [5, 5.41) is 2.88. The van der Waals surface area contributed by atoms with Gasteiger partial charge in [-0.15, -0.1) is 0 Å². The standard InChI is InChI=1S/C25H27FN2O5S/c1-17(13-14-18-9-5-4-6-10-18)27-25(29)20-15-19(16-23(32-2)24(20)33-3)34(30,31)28-22-12-8-7-11-21(22)26/h4-12,15-17,28H,13-14H2,1-3H3,(H,27,29). The third kappa shape index (κ3) is 6.05. The molecule has 0 aromatic heterocycles. The molecule has 0 aliphatic heterocycles. The Morgan fingerprint density at radius 2 is 1.68 bits per heavy atom. The molecule has 0 aliphatic rings. The number of methoxy groups -OCH3 is 2. The molecule has 0 bridgehead atoms. The quantitative estimate of drug-likeness (QED) is 0.443. The van der Waals surface area contributed by atoms with E-state index in [4.69, 9.17) is 9.47 Å². The van der Waals surface area contributed by atoms with Gasteiger partial charge in [0.25, 0.3) is 15.9 Å². The Kier molecular flexibility index (Phi) is 8.12. The van der Waals surface area contributed by atoms with Crippen LogP contribution in [0.15, 0.2) is 71.6 Å². The van der Waals surface area contributed by atoms with E-state index >= 15 is 0 Å². The van der Waals surface area contributed by atoms with E-state index in [0.29, 0.717) is 6.42 Å².